The quantitative estimate of drug-likeness (QED) is 0.430. The van der Waals surface area contributed by atoms with E-state index in [-0.39, 0.29) is 17.3 Å². The third-order valence-corrected chi connectivity index (χ3v) is 6.37. The van der Waals surface area contributed by atoms with Gasteiger partial charge in [-0.2, -0.15) is 0 Å². The molecule has 3 aromatic rings. The summed E-state index contributed by atoms with van der Waals surface area (Å²) in [5.74, 6) is -0.640. The lowest BCUT2D eigenvalue weighted by Gasteiger charge is -2.13. The standard InChI is InChI=1S/C27H23FN2O4S/c1-17-3-10-22(13-18(17)2)29-25(31)15-30-26(32)24(35-27(30)33)14-19-6-11-23(12-7-19)34-16-20-4-8-21(28)9-5-20/h3-14H,15-16H2,1-2H3,(H,29,31)/b24-14-. The highest BCUT2D eigenvalue weighted by molar-refractivity contribution is 8.18. The van der Waals surface area contributed by atoms with Crippen LogP contribution in [0.25, 0.3) is 6.08 Å². The van der Waals surface area contributed by atoms with E-state index in [4.69, 9.17) is 4.74 Å². The first kappa shape index (κ1) is 24.2. The van der Waals surface area contributed by atoms with Crippen molar-refractivity contribution < 1.29 is 23.5 Å². The second-order valence-corrected chi connectivity index (χ2v) is 9.09. The number of imide groups is 1. The maximum Gasteiger partial charge on any atom is 0.294 e. The predicted molar refractivity (Wildman–Crippen MR) is 134 cm³/mol. The monoisotopic (exact) mass is 490 g/mol. The molecule has 1 aliphatic heterocycles. The van der Waals surface area contributed by atoms with Gasteiger partial charge in [0.25, 0.3) is 11.1 Å². The Morgan fingerprint density at radius 2 is 1.71 bits per heavy atom. The van der Waals surface area contributed by atoms with Crippen molar-refractivity contribution in [2.75, 3.05) is 11.9 Å². The number of carbonyl (C=O) groups is 3. The lowest BCUT2D eigenvalue weighted by atomic mass is 10.1. The molecule has 0 saturated carbocycles. The fourth-order valence-corrected chi connectivity index (χ4v) is 4.20. The van der Waals surface area contributed by atoms with Crippen LogP contribution in [0.1, 0.15) is 22.3 Å². The molecule has 35 heavy (non-hydrogen) atoms. The molecule has 0 spiro atoms. The average Bonchev–Trinajstić information content (AvgIpc) is 3.09. The fourth-order valence-electron chi connectivity index (χ4n) is 3.36. The molecule has 0 aromatic heterocycles. The first-order valence-corrected chi connectivity index (χ1v) is 11.7. The lowest BCUT2D eigenvalue weighted by Crippen LogP contribution is -2.36. The number of halogens is 1. The zero-order valence-corrected chi connectivity index (χ0v) is 20.0. The number of rotatable bonds is 7. The SMILES string of the molecule is Cc1ccc(NC(=O)CN2C(=O)S/C(=C\c3ccc(OCc4ccc(F)cc4)cc3)C2=O)cc1C. The van der Waals surface area contributed by atoms with E-state index in [1.165, 1.54) is 12.1 Å². The third kappa shape index (κ3) is 6.16. The van der Waals surface area contributed by atoms with E-state index < -0.39 is 17.1 Å². The second-order valence-electron chi connectivity index (χ2n) is 8.10. The largest absolute Gasteiger partial charge is 0.489 e. The number of benzene rings is 3. The normalized spacial score (nSPS) is 14.5. The number of hydrogen-bond acceptors (Lipinski definition) is 5. The van der Waals surface area contributed by atoms with Crippen LogP contribution in [-0.2, 0) is 16.2 Å². The molecule has 4 rings (SSSR count). The Morgan fingerprint density at radius 1 is 1.00 bits per heavy atom. The van der Waals surface area contributed by atoms with Crippen LogP contribution in [0.4, 0.5) is 14.9 Å². The van der Waals surface area contributed by atoms with Crippen molar-refractivity contribution in [1.82, 2.24) is 4.90 Å². The Kier molecular flexibility index (Phi) is 7.31. The molecule has 8 heteroatoms. The van der Waals surface area contributed by atoms with Gasteiger partial charge in [0.1, 0.15) is 24.7 Å². The Balaban J connectivity index is 1.35. The summed E-state index contributed by atoms with van der Waals surface area (Å²) in [5.41, 5.74) is 4.30. The molecule has 0 bridgehead atoms. The second kappa shape index (κ2) is 10.6. The molecular formula is C27H23FN2O4S. The van der Waals surface area contributed by atoms with Gasteiger partial charge in [0.15, 0.2) is 0 Å². The topological polar surface area (TPSA) is 75.7 Å². The number of aryl methyl sites for hydroxylation is 2. The van der Waals surface area contributed by atoms with Crippen LogP contribution in [0, 0.1) is 19.7 Å². The van der Waals surface area contributed by atoms with Gasteiger partial charge < -0.3 is 10.1 Å². The van der Waals surface area contributed by atoms with Crippen molar-refractivity contribution in [3.8, 4) is 5.75 Å². The molecule has 178 valence electrons. The molecule has 1 saturated heterocycles. The average molecular weight is 491 g/mol. The summed E-state index contributed by atoms with van der Waals surface area (Å²) in [6.45, 7) is 3.85. The van der Waals surface area contributed by atoms with E-state index >= 15 is 0 Å². The highest BCUT2D eigenvalue weighted by Crippen LogP contribution is 2.32. The minimum Gasteiger partial charge on any atom is -0.489 e. The number of anilines is 1. The van der Waals surface area contributed by atoms with Gasteiger partial charge in [-0.3, -0.25) is 19.3 Å². The maximum absolute atomic E-state index is 13.0. The zero-order chi connectivity index (χ0) is 24.9. The number of nitrogens with zero attached hydrogens (tertiary/aromatic N) is 1. The predicted octanol–water partition coefficient (Wildman–Crippen LogP) is 5.70. The van der Waals surface area contributed by atoms with E-state index in [9.17, 15) is 18.8 Å². The highest BCUT2D eigenvalue weighted by Gasteiger charge is 2.36. The highest BCUT2D eigenvalue weighted by atomic mass is 32.2. The van der Waals surface area contributed by atoms with Crippen molar-refractivity contribution in [3.05, 3.63) is 99.7 Å². The Hall–Kier alpha value is -3.91. The number of hydrogen-bond donors (Lipinski definition) is 1. The Bertz CT molecular complexity index is 1300. The summed E-state index contributed by atoms with van der Waals surface area (Å²) in [4.78, 5) is 38.7. The number of nitrogens with one attached hydrogen (secondary N) is 1. The Labute approximate surface area is 206 Å². The van der Waals surface area contributed by atoms with E-state index in [1.54, 1.807) is 48.5 Å². The third-order valence-electron chi connectivity index (χ3n) is 5.46. The molecule has 1 fully saturated rings. The summed E-state index contributed by atoms with van der Waals surface area (Å²) >= 11 is 0.799. The van der Waals surface area contributed by atoms with Gasteiger partial charge in [-0.25, -0.2) is 4.39 Å². The number of thioether (sulfide) groups is 1. The first-order chi connectivity index (χ1) is 16.8. The zero-order valence-electron chi connectivity index (χ0n) is 19.2. The fraction of sp³-hybridized carbons (Fsp3) is 0.148. The molecule has 1 heterocycles. The van der Waals surface area contributed by atoms with Gasteiger partial charge >= 0.3 is 0 Å². The van der Waals surface area contributed by atoms with Crippen LogP contribution in [0.5, 0.6) is 5.75 Å². The van der Waals surface area contributed by atoms with Crippen LogP contribution in [0.3, 0.4) is 0 Å². The molecular weight excluding hydrogens is 467 g/mol. The van der Waals surface area contributed by atoms with Gasteiger partial charge in [0, 0.05) is 5.69 Å². The minimum atomic E-state index is -0.508. The van der Waals surface area contributed by atoms with Gasteiger partial charge in [0.05, 0.1) is 4.91 Å². The summed E-state index contributed by atoms with van der Waals surface area (Å²) in [6, 6.07) is 18.6. The van der Waals surface area contributed by atoms with Gasteiger partial charge in [-0.1, -0.05) is 30.3 Å². The number of amides is 3. The van der Waals surface area contributed by atoms with E-state index in [0.717, 1.165) is 33.4 Å². The number of carbonyl (C=O) groups excluding carboxylic acids is 3. The van der Waals surface area contributed by atoms with E-state index in [1.807, 2.05) is 26.0 Å². The molecule has 1 N–H and O–H groups in total. The van der Waals surface area contributed by atoms with Gasteiger partial charge in [-0.15, -0.1) is 0 Å². The van der Waals surface area contributed by atoms with Crippen LogP contribution in [-0.4, -0.2) is 28.5 Å². The molecule has 0 unspecified atom stereocenters. The van der Waals surface area contributed by atoms with Crippen LogP contribution < -0.4 is 10.1 Å². The molecule has 1 aliphatic rings. The first-order valence-electron chi connectivity index (χ1n) is 10.9. The molecule has 3 amide bonds. The van der Waals surface area contributed by atoms with Crippen molar-refractivity contribution in [1.29, 1.82) is 0 Å². The molecule has 0 radical (unpaired) electrons. The minimum absolute atomic E-state index is 0.244. The molecule has 0 aliphatic carbocycles. The lowest BCUT2D eigenvalue weighted by molar-refractivity contribution is -0.127. The summed E-state index contributed by atoms with van der Waals surface area (Å²) in [7, 11) is 0. The van der Waals surface area contributed by atoms with Crippen molar-refractivity contribution >= 4 is 40.6 Å². The van der Waals surface area contributed by atoms with E-state index in [2.05, 4.69) is 5.32 Å². The van der Waals surface area contributed by atoms with Gasteiger partial charge in [-0.05, 0) is 90.3 Å². The maximum atomic E-state index is 13.0. The molecule has 6 nitrogen and oxygen atoms in total. The van der Waals surface area contributed by atoms with Crippen molar-refractivity contribution in [3.63, 3.8) is 0 Å². The number of ether oxygens (including phenoxy) is 1. The Morgan fingerprint density at radius 3 is 2.40 bits per heavy atom. The van der Waals surface area contributed by atoms with Gasteiger partial charge in [0.2, 0.25) is 5.91 Å². The van der Waals surface area contributed by atoms with E-state index in [0.29, 0.717) is 23.6 Å². The summed E-state index contributed by atoms with van der Waals surface area (Å²) < 4.78 is 18.7. The van der Waals surface area contributed by atoms with Crippen molar-refractivity contribution in [2.24, 2.45) is 0 Å². The summed E-state index contributed by atoms with van der Waals surface area (Å²) in [6.07, 6.45) is 1.61. The van der Waals surface area contributed by atoms with Crippen LogP contribution in [0.15, 0.2) is 71.6 Å². The van der Waals surface area contributed by atoms with Crippen LogP contribution >= 0.6 is 11.8 Å². The molecule has 0 atom stereocenters. The van der Waals surface area contributed by atoms with Crippen molar-refractivity contribution in [2.45, 2.75) is 20.5 Å². The smallest absolute Gasteiger partial charge is 0.294 e. The van der Waals surface area contributed by atoms with Crippen LogP contribution in [0.2, 0.25) is 0 Å². The molecule has 3 aromatic carbocycles. The summed E-state index contributed by atoms with van der Waals surface area (Å²) in [5, 5.41) is 2.24.